The van der Waals surface area contributed by atoms with Crippen molar-refractivity contribution in [2.75, 3.05) is 6.54 Å². The molecular formula is C10H13N5O3. The lowest BCUT2D eigenvalue weighted by Crippen LogP contribution is -2.29. The fourth-order valence-corrected chi connectivity index (χ4v) is 1.56. The van der Waals surface area contributed by atoms with Crippen LogP contribution in [0, 0.1) is 35.3 Å². The molecule has 8 heteroatoms. The van der Waals surface area contributed by atoms with Crippen LogP contribution in [0.15, 0.2) is 0 Å². The van der Waals surface area contributed by atoms with Crippen molar-refractivity contribution in [1.29, 1.82) is 5.26 Å². The van der Waals surface area contributed by atoms with Gasteiger partial charge in [0.2, 0.25) is 5.91 Å². The first-order valence-corrected chi connectivity index (χ1v) is 5.29. The molecule has 0 spiro atoms. The van der Waals surface area contributed by atoms with Gasteiger partial charge in [0.15, 0.2) is 0 Å². The van der Waals surface area contributed by atoms with Gasteiger partial charge in [0, 0.05) is 6.54 Å². The average Bonchev–Trinajstić information content (AvgIpc) is 2.54. The van der Waals surface area contributed by atoms with Gasteiger partial charge in [0.1, 0.15) is 17.9 Å². The third-order valence-electron chi connectivity index (χ3n) is 2.38. The zero-order chi connectivity index (χ0) is 13.7. The zero-order valence-electron chi connectivity index (χ0n) is 10.1. The summed E-state index contributed by atoms with van der Waals surface area (Å²) < 4.78 is 1.29. The van der Waals surface area contributed by atoms with Crippen molar-refractivity contribution in [3.8, 4) is 6.07 Å². The molecule has 0 radical (unpaired) electrons. The Morgan fingerprint density at radius 3 is 2.78 bits per heavy atom. The molecule has 1 N–H and O–H groups in total. The van der Waals surface area contributed by atoms with Crippen LogP contribution in [0.1, 0.15) is 17.8 Å². The second-order valence-corrected chi connectivity index (χ2v) is 3.69. The van der Waals surface area contributed by atoms with Crippen LogP contribution >= 0.6 is 0 Å². The van der Waals surface area contributed by atoms with Crippen LogP contribution in [0.2, 0.25) is 0 Å². The minimum absolute atomic E-state index is 0.0696. The van der Waals surface area contributed by atoms with Crippen LogP contribution in [0.25, 0.3) is 0 Å². The van der Waals surface area contributed by atoms with Gasteiger partial charge in [-0.25, -0.2) is 0 Å². The highest BCUT2D eigenvalue weighted by Crippen LogP contribution is 2.21. The van der Waals surface area contributed by atoms with E-state index in [0.29, 0.717) is 5.69 Å². The molecule has 0 aliphatic carbocycles. The summed E-state index contributed by atoms with van der Waals surface area (Å²) in [5, 5.41) is 25.6. The van der Waals surface area contributed by atoms with Gasteiger partial charge in [-0.15, -0.1) is 0 Å². The SMILES string of the molecule is Cc1nn(CC(=O)NCCC#N)c(C)c1[N+](=O)[O-]. The van der Waals surface area contributed by atoms with E-state index < -0.39 is 4.92 Å². The van der Waals surface area contributed by atoms with Crippen LogP contribution in [0.3, 0.4) is 0 Å². The average molecular weight is 251 g/mol. The lowest BCUT2D eigenvalue weighted by Gasteiger charge is -2.04. The maximum Gasteiger partial charge on any atom is 0.312 e. The van der Waals surface area contributed by atoms with E-state index in [0.717, 1.165) is 0 Å². The fraction of sp³-hybridized carbons (Fsp3) is 0.500. The van der Waals surface area contributed by atoms with Crippen LogP contribution in [0.4, 0.5) is 5.69 Å². The number of nitrogens with one attached hydrogen (secondary N) is 1. The third-order valence-corrected chi connectivity index (χ3v) is 2.38. The number of hydrogen-bond acceptors (Lipinski definition) is 5. The maximum absolute atomic E-state index is 11.5. The number of nitro groups is 1. The minimum Gasteiger partial charge on any atom is -0.353 e. The molecule has 96 valence electrons. The van der Waals surface area contributed by atoms with Gasteiger partial charge in [-0.2, -0.15) is 10.4 Å². The molecule has 0 unspecified atom stereocenters. The Morgan fingerprint density at radius 1 is 1.61 bits per heavy atom. The second-order valence-electron chi connectivity index (χ2n) is 3.69. The normalized spacial score (nSPS) is 9.83. The molecule has 0 fully saturated rings. The highest BCUT2D eigenvalue weighted by molar-refractivity contribution is 5.75. The van der Waals surface area contributed by atoms with Crippen molar-refractivity contribution >= 4 is 11.6 Å². The minimum atomic E-state index is -0.512. The van der Waals surface area contributed by atoms with E-state index in [9.17, 15) is 14.9 Å². The molecule has 0 aromatic carbocycles. The van der Waals surface area contributed by atoms with Gasteiger partial charge in [-0.3, -0.25) is 19.6 Å². The number of amides is 1. The summed E-state index contributed by atoms with van der Waals surface area (Å²) in [6, 6.07) is 1.90. The Kier molecular flexibility index (Phi) is 4.37. The molecule has 0 saturated carbocycles. The number of nitriles is 1. The second kappa shape index (κ2) is 5.77. The molecule has 0 aliphatic rings. The summed E-state index contributed by atoms with van der Waals surface area (Å²) in [6.45, 7) is 3.23. The van der Waals surface area contributed by atoms with Crippen LogP contribution in [-0.4, -0.2) is 27.2 Å². The summed E-state index contributed by atoms with van der Waals surface area (Å²) in [4.78, 5) is 21.7. The summed E-state index contributed by atoms with van der Waals surface area (Å²) in [5.41, 5.74) is 0.551. The number of aromatic nitrogens is 2. The lowest BCUT2D eigenvalue weighted by molar-refractivity contribution is -0.386. The molecule has 1 heterocycles. The smallest absolute Gasteiger partial charge is 0.312 e. The van der Waals surface area contributed by atoms with E-state index in [1.807, 2.05) is 6.07 Å². The van der Waals surface area contributed by atoms with Crippen LogP contribution < -0.4 is 5.32 Å². The predicted molar refractivity (Wildman–Crippen MR) is 61.6 cm³/mol. The molecule has 1 amide bonds. The molecular weight excluding hydrogens is 238 g/mol. The van der Waals surface area contributed by atoms with Gasteiger partial charge >= 0.3 is 5.69 Å². The molecule has 1 rings (SSSR count). The first-order chi connectivity index (χ1) is 8.47. The largest absolute Gasteiger partial charge is 0.353 e. The van der Waals surface area contributed by atoms with E-state index in [-0.39, 0.29) is 36.8 Å². The standard InChI is InChI=1S/C10H13N5O3/c1-7-10(15(17)18)8(2)14(13-7)6-9(16)12-5-3-4-11/h3,5-6H2,1-2H3,(H,12,16). The van der Waals surface area contributed by atoms with E-state index in [1.165, 1.54) is 11.6 Å². The summed E-state index contributed by atoms with van der Waals surface area (Å²) >= 11 is 0. The Bertz CT molecular complexity index is 514. The number of rotatable bonds is 5. The predicted octanol–water partition coefficient (Wildman–Crippen LogP) is 0.438. The van der Waals surface area contributed by atoms with Crippen molar-refractivity contribution in [3.63, 3.8) is 0 Å². The molecule has 1 aromatic heterocycles. The monoisotopic (exact) mass is 251 g/mol. The van der Waals surface area contributed by atoms with Gasteiger partial charge in [-0.05, 0) is 13.8 Å². The topological polar surface area (TPSA) is 114 Å². The summed E-state index contributed by atoms with van der Waals surface area (Å²) in [7, 11) is 0. The summed E-state index contributed by atoms with van der Waals surface area (Å²) in [5.74, 6) is -0.328. The van der Waals surface area contributed by atoms with E-state index >= 15 is 0 Å². The molecule has 0 atom stereocenters. The Balaban J connectivity index is 2.74. The molecule has 0 bridgehead atoms. The number of carbonyl (C=O) groups excluding carboxylic acids is 1. The number of aryl methyl sites for hydroxylation is 1. The van der Waals surface area contributed by atoms with Crippen LogP contribution in [-0.2, 0) is 11.3 Å². The van der Waals surface area contributed by atoms with E-state index in [2.05, 4.69) is 10.4 Å². The van der Waals surface area contributed by atoms with Crippen molar-refractivity contribution < 1.29 is 9.72 Å². The number of nitrogens with zero attached hydrogens (tertiary/aromatic N) is 4. The van der Waals surface area contributed by atoms with Gasteiger partial charge in [0.25, 0.3) is 0 Å². The van der Waals surface area contributed by atoms with Crippen molar-refractivity contribution in [2.24, 2.45) is 0 Å². The molecule has 8 nitrogen and oxygen atoms in total. The number of hydrogen-bond donors (Lipinski definition) is 1. The Labute approximate surface area is 103 Å². The Hall–Kier alpha value is -2.43. The molecule has 0 aliphatic heterocycles. The highest BCUT2D eigenvalue weighted by Gasteiger charge is 2.22. The van der Waals surface area contributed by atoms with Crippen LogP contribution in [0.5, 0.6) is 0 Å². The third kappa shape index (κ3) is 3.04. The van der Waals surface area contributed by atoms with Crippen molar-refractivity contribution in [2.45, 2.75) is 26.8 Å². The van der Waals surface area contributed by atoms with E-state index in [4.69, 9.17) is 5.26 Å². The van der Waals surface area contributed by atoms with Crippen molar-refractivity contribution in [1.82, 2.24) is 15.1 Å². The first kappa shape index (κ1) is 13.6. The number of carbonyl (C=O) groups is 1. The first-order valence-electron chi connectivity index (χ1n) is 5.29. The van der Waals surface area contributed by atoms with E-state index in [1.54, 1.807) is 6.92 Å². The highest BCUT2D eigenvalue weighted by atomic mass is 16.6. The van der Waals surface area contributed by atoms with Crippen molar-refractivity contribution in [3.05, 3.63) is 21.5 Å². The maximum atomic E-state index is 11.5. The lowest BCUT2D eigenvalue weighted by atomic mass is 10.3. The molecule has 1 aromatic rings. The molecule has 0 saturated heterocycles. The summed E-state index contributed by atoms with van der Waals surface area (Å²) in [6.07, 6.45) is 0.225. The zero-order valence-corrected chi connectivity index (χ0v) is 10.1. The quantitative estimate of drug-likeness (QED) is 0.463. The fourth-order valence-electron chi connectivity index (χ4n) is 1.56. The Morgan fingerprint density at radius 2 is 2.28 bits per heavy atom. The van der Waals surface area contributed by atoms with Gasteiger partial charge in [0.05, 0.1) is 17.4 Å². The van der Waals surface area contributed by atoms with Gasteiger partial charge in [-0.1, -0.05) is 0 Å². The molecule has 18 heavy (non-hydrogen) atoms. The van der Waals surface area contributed by atoms with Gasteiger partial charge < -0.3 is 5.32 Å².